The Kier molecular flexibility index (Phi) is 25.1. The van der Waals surface area contributed by atoms with Gasteiger partial charge in [0.25, 0.3) is 5.91 Å². The maximum Gasteiger partial charge on any atom is 0.315 e. The van der Waals surface area contributed by atoms with Gasteiger partial charge in [-0.25, -0.2) is 14.8 Å². The molecule has 0 spiro atoms. The Bertz CT molecular complexity index is 2490. The fraction of sp³-hybridized carbons (Fsp3) is 0.444. The minimum atomic E-state index is -0.457. The average Bonchev–Trinajstić information content (AvgIpc) is 3.98. The fourth-order valence-electron chi connectivity index (χ4n) is 7.94. The second-order valence-corrected chi connectivity index (χ2v) is 19.0. The molecule has 2 aliphatic heterocycles. The largest absolute Gasteiger partial charge is 0.457 e. The second-order valence-electron chi connectivity index (χ2n) is 17.8. The SMILES string of the molecule is C=CC(=O)Nc1cc(Nc2cc(Oc3ccc(Oc4ccccc4)cc3)ncn2)cc(C(=O)NCCCNC(=O)CCCC(=O)NCCCOCCOCCOCCCNC(=O)CCCCC2SCC3NC(=O)NC32)c1. The third-order valence-electron chi connectivity index (χ3n) is 11.8. The first kappa shape index (κ1) is 58.0. The van der Waals surface area contributed by atoms with Gasteiger partial charge >= 0.3 is 6.03 Å². The van der Waals surface area contributed by atoms with E-state index in [9.17, 15) is 28.8 Å². The first-order chi connectivity index (χ1) is 37.1. The van der Waals surface area contributed by atoms with Gasteiger partial charge in [-0.05, 0) is 99.2 Å². The second kappa shape index (κ2) is 32.9. The van der Waals surface area contributed by atoms with Crippen molar-refractivity contribution in [3.63, 3.8) is 0 Å². The lowest BCUT2D eigenvalue weighted by Crippen LogP contribution is -2.36. The van der Waals surface area contributed by atoms with Crippen molar-refractivity contribution in [1.82, 2.24) is 41.9 Å². The molecule has 4 aromatic rings. The van der Waals surface area contributed by atoms with Gasteiger partial charge in [0.2, 0.25) is 29.5 Å². The number of anilines is 3. The molecule has 22 heteroatoms. The lowest BCUT2D eigenvalue weighted by molar-refractivity contribution is -0.123. The van der Waals surface area contributed by atoms with Crippen molar-refractivity contribution in [2.75, 3.05) is 82.2 Å². The number of para-hydroxylation sites is 1. The molecule has 408 valence electrons. The number of rotatable bonds is 36. The number of hydrogen-bond donors (Lipinski definition) is 8. The molecule has 8 N–H and O–H groups in total. The van der Waals surface area contributed by atoms with Gasteiger partial charge in [-0.15, -0.1) is 0 Å². The lowest BCUT2D eigenvalue weighted by atomic mass is 10.0. The highest BCUT2D eigenvalue weighted by Crippen LogP contribution is 2.33. The van der Waals surface area contributed by atoms with Gasteiger partial charge in [-0.1, -0.05) is 31.2 Å². The van der Waals surface area contributed by atoms with Crippen LogP contribution in [-0.4, -0.2) is 134 Å². The Hall–Kier alpha value is -7.27. The summed E-state index contributed by atoms with van der Waals surface area (Å²) < 4.78 is 28.5. The van der Waals surface area contributed by atoms with E-state index in [1.54, 1.807) is 42.5 Å². The number of nitrogens with zero attached hydrogens (tertiary/aromatic N) is 2. The van der Waals surface area contributed by atoms with Crippen molar-refractivity contribution in [2.24, 2.45) is 0 Å². The highest BCUT2D eigenvalue weighted by molar-refractivity contribution is 8.00. The summed E-state index contributed by atoms with van der Waals surface area (Å²) >= 11 is 1.89. The molecule has 2 saturated heterocycles. The quantitative estimate of drug-likeness (QED) is 0.0145. The van der Waals surface area contributed by atoms with Gasteiger partial charge < -0.3 is 66.2 Å². The number of benzene rings is 3. The van der Waals surface area contributed by atoms with Gasteiger partial charge in [-0.2, -0.15) is 11.8 Å². The minimum Gasteiger partial charge on any atom is -0.457 e. The number of urea groups is 1. The van der Waals surface area contributed by atoms with E-state index in [-0.39, 0.29) is 66.7 Å². The molecule has 3 atom stereocenters. The number of ether oxygens (including phenoxy) is 5. The van der Waals surface area contributed by atoms with Crippen molar-refractivity contribution in [2.45, 2.75) is 81.5 Å². The Morgan fingerprint density at radius 1 is 0.632 bits per heavy atom. The molecule has 0 aliphatic carbocycles. The van der Waals surface area contributed by atoms with Crippen LogP contribution in [0.25, 0.3) is 0 Å². The maximum absolute atomic E-state index is 13.2. The van der Waals surface area contributed by atoms with Crippen molar-refractivity contribution in [3.8, 4) is 23.1 Å². The average molecular weight is 1070 g/mol. The van der Waals surface area contributed by atoms with E-state index in [2.05, 4.69) is 59.1 Å². The number of unbranched alkanes of at least 4 members (excludes halogenated alkanes) is 1. The number of nitrogens with one attached hydrogen (secondary N) is 8. The molecule has 0 saturated carbocycles. The molecule has 3 aromatic carbocycles. The Labute approximate surface area is 447 Å². The number of thioether (sulfide) groups is 1. The summed E-state index contributed by atoms with van der Waals surface area (Å²) in [5.74, 6) is 2.32. The van der Waals surface area contributed by atoms with Gasteiger partial charge in [0.1, 0.15) is 29.4 Å². The zero-order valence-electron chi connectivity index (χ0n) is 42.7. The normalized spacial score (nSPS) is 15.3. The highest BCUT2D eigenvalue weighted by atomic mass is 32.2. The molecule has 6 rings (SSSR count). The van der Waals surface area contributed by atoms with Gasteiger partial charge in [-0.3, -0.25) is 24.0 Å². The van der Waals surface area contributed by atoms with Crippen LogP contribution in [-0.2, 0) is 33.4 Å². The predicted molar refractivity (Wildman–Crippen MR) is 289 cm³/mol. The number of carbonyl (C=O) groups is 6. The molecular weight excluding hydrogens is 997 g/mol. The third-order valence-corrected chi connectivity index (χ3v) is 13.3. The Morgan fingerprint density at radius 3 is 1.89 bits per heavy atom. The monoisotopic (exact) mass is 1070 g/mol. The molecule has 2 aliphatic rings. The Balaban J connectivity index is 0.734. The van der Waals surface area contributed by atoms with Crippen LogP contribution in [0.1, 0.15) is 74.6 Å². The fourth-order valence-corrected chi connectivity index (χ4v) is 9.49. The van der Waals surface area contributed by atoms with E-state index in [4.69, 9.17) is 23.7 Å². The van der Waals surface area contributed by atoms with Gasteiger partial charge in [0, 0.05) is 92.7 Å². The van der Waals surface area contributed by atoms with Crippen LogP contribution in [0.15, 0.2) is 97.8 Å². The minimum absolute atomic E-state index is 0.0522. The number of fused-ring (bicyclic) bond motifs is 1. The third kappa shape index (κ3) is 21.9. The van der Waals surface area contributed by atoms with Crippen LogP contribution < -0.4 is 52.0 Å². The molecule has 3 heterocycles. The molecule has 21 nitrogen and oxygen atoms in total. The van der Waals surface area contributed by atoms with Crippen LogP contribution >= 0.6 is 11.8 Å². The summed E-state index contributed by atoms with van der Waals surface area (Å²) in [6, 6.07) is 23.2. The first-order valence-corrected chi connectivity index (χ1v) is 26.8. The van der Waals surface area contributed by atoms with E-state index in [0.29, 0.717) is 125 Å². The van der Waals surface area contributed by atoms with Crippen molar-refractivity contribution < 1.29 is 52.5 Å². The van der Waals surface area contributed by atoms with Crippen LogP contribution in [0.3, 0.4) is 0 Å². The summed E-state index contributed by atoms with van der Waals surface area (Å²) in [7, 11) is 0. The number of amides is 7. The van der Waals surface area contributed by atoms with Gasteiger partial charge in [0.15, 0.2) is 0 Å². The summed E-state index contributed by atoms with van der Waals surface area (Å²) in [4.78, 5) is 82.3. The molecule has 0 radical (unpaired) electrons. The zero-order valence-corrected chi connectivity index (χ0v) is 43.6. The molecule has 3 unspecified atom stereocenters. The van der Waals surface area contributed by atoms with Crippen LogP contribution in [0.5, 0.6) is 23.1 Å². The van der Waals surface area contributed by atoms with Crippen LogP contribution in [0, 0.1) is 0 Å². The molecule has 2 fully saturated rings. The lowest BCUT2D eigenvalue weighted by Gasteiger charge is -2.16. The topological polar surface area (TPSA) is 271 Å². The van der Waals surface area contributed by atoms with E-state index in [1.807, 2.05) is 42.1 Å². The molecule has 0 bridgehead atoms. The summed E-state index contributed by atoms with van der Waals surface area (Å²) in [6.45, 7) is 7.87. The Morgan fingerprint density at radius 2 is 1.22 bits per heavy atom. The van der Waals surface area contributed by atoms with Crippen molar-refractivity contribution in [1.29, 1.82) is 0 Å². The predicted octanol–water partition coefficient (Wildman–Crippen LogP) is 6.12. The summed E-state index contributed by atoms with van der Waals surface area (Å²) in [5.41, 5.74) is 1.06. The standard InChI is InChI=1S/C54H70N10O11S/c1-2-47(65)62-40-33-38(32-39(34-40)61-46-35-51(60-37-59-46)75-43-20-18-42(19-21-43)74-41-12-4-3-5-13-41)53(69)58-23-9-22-55-49(67)16-8-17-50(68)57-25-11-27-72-29-31-73-30-28-71-26-10-24-56-48(66)15-7-6-14-45-52-44(36-76-45)63-54(70)64-52/h2-5,12-13,18-21,32-35,37,44-45,52H,1,6-11,14-17,22-31,36H2,(H,55,67)(H,56,66)(H,57,68)(H,58,69)(H,62,65)(H,59,60,61)(H2,63,64,70). The first-order valence-electron chi connectivity index (χ1n) is 25.8. The molecular formula is C54H70N10O11S. The van der Waals surface area contributed by atoms with E-state index in [0.717, 1.165) is 37.5 Å². The van der Waals surface area contributed by atoms with Crippen molar-refractivity contribution >= 4 is 64.5 Å². The summed E-state index contributed by atoms with van der Waals surface area (Å²) in [6.07, 6.45) is 8.37. The summed E-state index contributed by atoms with van der Waals surface area (Å²) in [5, 5.41) is 23.7. The van der Waals surface area contributed by atoms with Crippen LogP contribution in [0.2, 0.25) is 0 Å². The highest BCUT2D eigenvalue weighted by Gasteiger charge is 2.42. The van der Waals surface area contributed by atoms with Crippen molar-refractivity contribution in [3.05, 3.63) is 103 Å². The number of hydrogen-bond acceptors (Lipinski definition) is 15. The van der Waals surface area contributed by atoms with E-state index in [1.165, 1.54) is 12.4 Å². The molecule has 7 amide bonds. The van der Waals surface area contributed by atoms with Gasteiger partial charge in [0.05, 0.1) is 38.5 Å². The van der Waals surface area contributed by atoms with Crippen LogP contribution in [0.4, 0.5) is 22.0 Å². The zero-order chi connectivity index (χ0) is 53.6. The molecule has 76 heavy (non-hydrogen) atoms. The van der Waals surface area contributed by atoms with E-state index < -0.39 is 11.8 Å². The number of aromatic nitrogens is 2. The molecule has 1 aromatic heterocycles. The smallest absolute Gasteiger partial charge is 0.315 e. The maximum atomic E-state index is 13.2. The number of carbonyl (C=O) groups excluding carboxylic acids is 6. The van der Waals surface area contributed by atoms with E-state index >= 15 is 0 Å².